The SMILES string of the molecule is COc1ccc(NC(=S)N2CCN(C(=O)C3CCCO3)CC2)c(C)c1. The van der Waals surface area contributed by atoms with Gasteiger partial charge in [0.05, 0.1) is 7.11 Å². The quantitative estimate of drug-likeness (QED) is 0.830. The molecule has 0 aromatic heterocycles. The van der Waals surface area contributed by atoms with Crippen LogP contribution in [0.3, 0.4) is 0 Å². The number of hydrogen-bond acceptors (Lipinski definition) is 4. The molecule has 1 unspecified atom stereocenters. The Balaban J connectivity index is 1.52. The average molecular weight is 363 g/mol. The van der Waals surface area contributed by atoms with Crippen molar-refractivity contribution in [3.63, 3.8) is 0 Å². The highest BCUT2D eigenvalue weighted by Gasteiger charge is 2.30. The standard InChI is InChI=1S/C18H25N3O3S/c1-13-12-14(23-2)5-6-15(13)19-18(25)21-9-7-20(8-10-21)17(22)16-4-3-11-24-16/h5-6,12,16H,3-4,7-11H2,1-2H3,(H,19,25). The van der Waals surface area contributed by atoms with Gasteiger partial charge in [0.15, 0.2) is 5.11 Å². The summed E-state index contributed by atoms with van der Waals surface area (Å²) in [6, 6.07) is 5.86. The molecular weight excluding hydrogens is 338 g/mol. The summed E-state index contributed by atoms with van der Waals surface area (Å²) in [6.07, 6.45) is 1.58. The van der Waals surface area contributed by atoms with Crippen LogP contribution >= 0.6 is 12.2 Å². The normalized spacial score (nSPS) is 20.5. The van der Waals surface area contributed by atoms with Crippen molar-refractivity contribution >= 4 is 28.9 Å². The summed E-state index contributed by atoms with van der Waals surface area (Å²) < 4.78 is 10.7. The fraction of sp³-hybridized carbons (Fsp3) is 0.556. The first-order chi connectivity index (χ1) is 12.1. The molecule has 2 aliphatic heterocycles. The molecule has 1 N–H and O–H groups in total. The fourth-order valence-electron chi connectivity index (χ4n) is 3.20. The van der Waals surface area contributed by atoms with Crippen molar-refractivity contribution in [1.82, 2.24) is 9.80 Å². The van der Waals surface area contributed by atoms with Crippen LogP contribution in [0.2, 0.25) is 0 Å². The third-order valence-electron chi connectivity index (χ3n) is 4.76. The van der Waals surface area contributed by atoms with E-state index >= 15 is 0 Å². The van der Waals surface area contributed by atoms with Crippen molar-refractivity contribution in [2.45, 2.75) is 25.9 Å². The molecule has 2 fully saturated rings. The summed E-state index contributed by atoms with van der Waals surface area (Å²) in [5.41, 5.74) is 2.05. The second kappa shape index (κ2) is 8.01. The first kappa shape index (κ1) is 17.9. The van der Waals surface area contributed by atoms with Gasteiger partial charge in [-0.1, -0.05) is 0 Å². The Morgan fingerprint density at radius 3 is 2.60 bits per heavy atom. The highest BCUT2D eigenvalue weighted by Crippen LogP contribution is 2.22. The molecule has 0 bridgehead atoms. The predicted octanol–water partition coefficient (Wildman–Crippen LogP) is 2.02. The molecule has 3 rings (SSSR count). The van der Waals surface area contributed by atoms with Crippen molar-refractivity contribution in [1.29, 1.82) is 0 Å². The number of rotatable bonds is 3. The van der Waals surface area contributed by atoms with E-state index in [1.807, 2.05) is 30.0 Å². The monoisotopic (exact) mass is 363 g/mol. The first-order valence-electron chi connectivity index (χ1n) is 8.69. The van der Waals surface area contributed by atoms with Gasteiger partial charge in [0, 0.05) is 38.5 Å². The maximum absolute atomic E-state index is 12.4. The zero-order valence-electron chi connectivity index (χ0n) is 14.8. The number of nitrogens with zero attached hydrogens (tertiary/aromatic N) is 2. The third kappa shape index (κ3) is 4.22. The van der Waals surface area contributed by atoms with E-state index in [0.29, 0.717) is 24.8 Å². The molecule has 1 atom stereocenters. The number of aryl methyl sites for hydroxylation is 1. The molecule has 7 heteroatoms. The molecule has 136 valence electrons. The topological polar surface area (TPSA) is 54.0 Å². The first-order valence-corrected chi connectivity index (χ1v) is 9.10. The number of nitrogens with one attached hydrogen (secondary N) is 1. The van der Waals surface area contributed by atoms with Crippen LogP contribution < -0.4 is 10.1 Å². The highest BCUT2D eigenvalue weighted by molar-refractivity contribution is 7.80. The fourth-order valence-corrected chi connectivity index (χ4v) is 3.50. The van der Waals surface area contributed by atoms with Crippen molar-refractivity contribution in [2.24, 2.45) is 0 Å². The summed E-state index contributed by atoms with van der Waals surface area (Å²) in [6.45, 7) is 5.56. The van der Waals surface area contributed by atoms with Crippen molar-refractivity contribution in [2.75, 3.05) is 45.2 Å². The Kier molecular flexibility index (Phi) is 5.75. The van der Waals surface area contributed by atoms with Crippen molar-refractivity contribution < 1.29 is 14.3 Å². The van der Waals surface area contributed by atoms with Gasteiger partial charge in [-0.25, -0.2) is 0 Å². The Morgan fingerprint density at radius 1 is 1.28 bits per heavy atom. The summed E-state index contributed by atoms with van der Waals surface area (Å²) in [5.74, 6) is 0.956. The van der Waals surface area contributed by atoms with Crippen LogP contribution in [0.5, 0.6) is 5.75 Å². The number of anilines is 1. The van der Waals surface area contributed by atoms with Gasteiger partial charge in [-0.2, -0.15) is 0 Å². The van der Waals surface area contributed by atoms with Crippen LogP contribution in [0.25, 0.3) is 0 Å². The third-order valence-corrected chi connectivity index (χ3v) is 5.12. The van der Waals surface area contributed by atoms with Gasteiger partial charge in [0.1, 0.15) is 11.9 Å². The van der Waals surface area contributed by atoms with E-state index in [-0.39, 0.29) is 12.0 Å². The zero-order valence-corrected chi connectivity index (χ0v) is 15.6. The van der Waals surface area contributed by atoms with E-state index in [9.17, 15) is 4.79 Å². The Labute approximate surface area is 154 Å². The summed E-state index contributed by atoms with van der Waals surface area (Å²) in [4.78, 5) is 16.4. The van der Waals surface area contributed by atoms with Crippen LogP contribution in [-0.2, 0) is 9.53 Å². The molecule has 1 aromatic rings. The highest BCUT2D eigenvalue weighted by atomic mass is 32.1. The molecule has 25 heavy (non-hydrogen) atoms. The molecule has 2 saturated heterocycles. The minimum atomic E-state index is -0.237. The van der Waals surface area contributed by atoms with E-state index in [2.05, 4.69) is 10.2 Å². The number of thiocarbonyl (C=S) groups is 1. The molecule has 1 amide bonds. The second-order valence-electron chi connectivity index (χ2n) is 6.42. The zero-order chi connectivity index (χ0) is 17.8. The number of ether oxygens (including phenoxy) is 2. The lowest BCUT2D eigenvalue weighted by Gasteiger charge is -2.37. The number of piperazine rings is 1. The molecule has 2 heterocycles. The van der Waals surface area contributed by atoms with Gasteiger partial charge >= 0.3 is 0 Å². The minimum absolute atomic E-state index is 0.127. The lowest BCUT2D eigenvalue weighted by atomic mass is 10.2. The van der Waals surface area contributed by atoms with Gasteiger partial charge in [-0.15, -0.1) is 0 Å². The molecule has 1 aromatic carbocycles. The molecule has 0 spiro atoms. The van der Waals surface area contributed by atoms with Gasteiger partial charge in [0.25, 0.3) is 5.91 Å². The van der Waals surface area contributed by atoms with Gasteiger partial charge in [-0.3, -0.25) is 4.79 Å². The lowest BCUT2D eigenvalue weighted by molar-refractivity contribution is -0.142. The molecule has 0 radical (unpaired) electrons. The van der Waals surface area contributed by atoms with E-state index < -0.39 is 0 Å². The lowest BCUT2D eigenvalue weighted by Crippen LogP contribution is -2.53. The molecule has 6 nitrogen and oxygen atoms in total. The van der Waals surface area contributed by atoms with Crippen LogP contribution in [0, 0.1) is 6.92 Å². The number of methoxy groups -OCH3 is 1. The maximum Gasteiger partial charge on any atom is 0.251 e. The van der Waals surface area contributed by atoms with E-state index in [1.165, 1.54) is 0 Å². The molecule has 0 saturated carbocycles. The van der Waals surface area contributed by atoms with Crippen LogP contribution in [0.1, 0.15) is 18.4 Å². The van der Waals surface area contributed by atoms with E-state index in [0.717, 1.165) is 42.9 Å². The average Bonchev–Trinajstić information content (AvgIpc) is 3.17. The maximum atomic E-state index is 12.4. The second-order valence-corrected chi connectivity index (χ2v) is 6.81. The van der Waals surface area contributed by atoms with Crippen molar-refractivity contribution in [3.8, 4) is 5.75 Å². The van der Waals surface area contributed by atoms with E-state index in [4.69, 9.17) is 21.7 Å². The number of hydrogen-bond donors (Lipinski definition) is 1. The molecule has 2 aliphatic rings. The largest absolute Gasteiger partial charge is 0.497 e. The van der Waals surface area contributed by atoms with Crippen molar-refractivity contribution in [3.05, 3.63) is 23.8 Å². The van der Waals surface area contributed by atoms with Crippen LogP contribution in [0.4, 0.5) is 5.69 Å². The number of carbonyl (C=O) groups is 1. The molecule has 0 aliphatic carbocycles. The van der Waals surface area contributed by atoms with Gasteiger partial charge < -0.3 is 24.6 Å². The minimum Gasteiger partial charge on any atom is -0.497 e. The Morgan fingerprint density at radius 2 is 2.00 bits per heavy atom. The predicted molar refractivity (Wildman–Crippen MR) is 101 cm³/mol. The summed E-state index contributed by atoms with van der Waals surface area (Å²) >= 11 is 5.54. The smallest absolute Gasteiger partial charge is 0.251 e. The van der Waals surface area contributed by atoms with Gasteiger partial charge in [-0.05, 0) is 55.7 Å². The summed E-state index contributed by atoms with van der Waals surface area (Å²) in [5, 5.41) is 4.00. The van der Waals surface area contributed by atoms with Gasteiger partial charge in [0.2, 0.25) is 0 Å². The Bertz CT molecular complexity index is 638. The van der Waals surface area contributed by atoms with Crippen LogP contribution in [0.15, 0.2) is 18.2 Å². The van der Waals surface area contributed by atoms with E-state index in [1.54, 1.807) is 7.11 Å². The number of carbonyl (C=O) groups excluding carboxylic acids is 1. The summed E-state index contributed by atoms with van der Waals surface area (Å²) in [7, 11) is 1.66. The Hall–Kier alpha value is -1.86. The number of benzene rings is 1. The number of amides is 1. The molecular formula is C18H25N3O3S. The van der Waals surface area contributed by atoms with Crippen LogP contribution in [-0.4, -0.2) is 66.8 Å².